The summed E-state index contributed by atoms with van der Waals surface area (Å²) < 4.78 is 7.53. The van der Waals surface area contributed by atoms with Gasteiger partial charge in [0.25, 0.3) is 0 Å². The molecule has 3 aromatic rings. The molecule has 1 aliphatic heterocycles. The molecule has 1 atom stereocenters. The first-order valence-electron chi connectivity index (χ1n) is 8.68. The Morgan fingerprint density at radius 1 is 1.00 bits per heavy atom. The molecule has 0 unspecified atom stereocenters. The minimum atomic E-state index is 0.109. The summed E-state index contributed by atoms with van der Waals surface area (Å²) in [5, 5.41) is 4.11. The van der Waals surface area contributed by atoms with Crippen molar-refractivity contribution in [1.29, 1.82) is 0 Å². The van der Waals surface area contributed by atoms with E-state index in [0.717, 1.165) is 29.6 Å². The highest BCUT2D eigenvalue weighted by Gasteiger charge is 2.30. The Balaban J connectivity index is 1.62. The summed E-state index contributed by atoms with van der Waals surface area (Å²) in [7, 11) is 1.67. The van der Waals surface area contributed by atoms with Crippen molar-refractivity contribution in [2.75, 3.05) is 19.0 Å². The fourth-order valence-electron chi connectivity index (χ4n) is 3.46. The van der Waals surface area contributed by atoms with Crippen molar-refractivity contribution in [1.82, 2.24) is 9.47 Å². The zero-order chi connectivity index (χ0) is 17.9. The topological polar surface area (TPSA) is 29.4 Å². The van der Waals surface area contributed by atoms with Crippen LogP contribution in [0.25, 0.3) is 0 Å². The quantitative estimate of drug-likeness (QED) is 0.703. The number of hydrogen-bond donors (Lipinski definition) is 1. The molecular weight excluding hydrogens is 342 g/mol. The number of ether oxygens (including phenoxy) is 1. The molecule has 26 heavy (non-hydrogen) atoms. The first-order chi connectivity index (χ1) is 12.8. The van der Waals surface area contributed by atoms with Crippen LogP contribution in [0.2, 0.25) is 0 Å². The lowest BCUT2D eigenvalue weighted by Crippen LogP contribution is -2.44. The summed E-state index contributed by atoms with van der Waals surface area (Å²) >= 11 is 5.77. The van der Waals surface area contributed by atoms with E-state index in [9.17, 15) is 0 Å². The number of thiocarbonyl (C=S) groups is 1. The van der Waals surface area contributed by atoms with Gasteiger partial charge in [0, 0.05) is 30.7 Å². The lowest BCUT2D eigenvalue weighted by Gasteiger charge is -2.39. The Labute approximate surface area is 159 Å². The Morgan fingerprint density at radius 2 is 1.77 bits per heavy atom. The molecule has 0 spiro atoms. The van der Waals surface area contributed by atoms with Crippen molar-refractivity contribution in [2.24, 2.45) is 0 Å². The van der Waals surface area contributed by atoms with Crippen LogP contribution in [0.3, 0.4) is 0 Å². The first-order valence-corrected chi connectivity index (χ1v) is 9.09. The summed E-state index contributed by atoms with van der Waals surface area (Å²) in [6, 6.07) is 22.8. The smallest absolute Gasteiger partial charge is 0.174 e. The number of fused-ring (bicyclic) bond motifs is 1. The predicted molar refractivity (Wildman–Crippen MR) is 109 cm³/mol. The minimum absolute atomic E-state index is 0.109. The highest BCUT2D eigenvalue weighted by atomic mass is 32.1. The highest BCUT2D eigenvalue weighted by Crippen LogP contribution is 2.32. The summed E-state index contributed by atoms with van der Waals surface area (Å²) in [5.74, 6) is 0.833. The summed E-state index contributed by atoms with van der Waals surface area (Å²) in [6.45, 7) is 1.79. The Morgan fingerprint density at radius 3 is 2.50 bits per heavy atom. The first kappa shape index (κ1) is 16.7. The molecule has 0 bridgehead atoms. The van der Waals surface area contributed by atoms with Gasteiger partial charge in [-0.3, -0.25) is 0 Å². The molecule has 4 nitrogen and oxygen atoms in total. The van der Waals surface area contributed by atoms with E-state index in [2.05, 4.69) is 57.4 Å². The van der Waals surface area contributed by atoms with Crippen LogP contribution in [-0.4, -0.2) is 28.2 Å². The largest absolute Gasteiger partial charge is 0.497 e. The van der Waals surface area contributed by atoms with Gasteiger partial charge in [-0.1, -0.05) is 30.3 Å². The van der Waals surface area contributed by atoms with E-state index in [1.54, 1.807) is 7.11 Å². The second-order valence-electron chi connectivity index (χ2n) is 6.29. The van der Waals surface area contributed by atoms with Gasteiger partial charge in [0.1, 0.15) is 5.75 Å². The van der Waals surface area contributed by atoms with E-state index in [-0.39, 0.29) is 6.04 Å². The van der Waals surface area contributed by atoms with E-state index in [0.29, 0.717) is 0 Å². The third-order valence-corrected chi connectivity index (χ3v) is 5.09. The molecule has 132 valence electrons. The third kappa shape index (κ3) is 3.18. The van der Waals surface area contributed by atoms with Crippen LogP contribution in [0, 0.1) is 0 Å². The van der Waals surface area contributed by atoms with Gasteiger partial charge in [-0.2, -0.15) is 0 Å². The molecule has 2 aromatic carbocycles. The summed E-state index contributed by atoms with van der Waals surface area (Å²) in [6.07, 6.45) is 2.14. The number of nitrogens with zero attached hydrogens (tertiary/aromatic N) is 2. The monoisotopic (exact) mass is 363 g/mol. The van der Waals surface area contributed by atoms with Gasteiger partial charge in [0.05, 0.1) is 13.2 Å². The zero-order valence-corrected chi connectivity index (χ0v) is 15.4. The van der Waals surface area contributed by atoms with E-state index in [4.69, 9.17) is 17.0 Å². The zero-order valence-electron chi connectivity index (χ0n) is 14.6. The number of methoxy groups -OCH3 is 1. The molecule has 0 amide bonds. The van der Waals surface area contributed by atoms with Crippen molar-refractivity contribution in [2.45, 2.75) is 12.6 Å². The molecular formula is C21H21N3OS. The minimum Gasteiger partial charge on any atom is -0.497 e. The lowest BCUT2D eigenvalue weighted by atomic mass is 10.0. The molecule has 0 saturated carbocycles. The Hall–Kier alpha value is -2.79. The second kappa shape index (κ2) is 7.22. The molecule has 2 heterocycles. The SMILES string of the molecule is COc1ccc(NC(=S)N2CCn3cccc3[C@@H]2c2ccccc2)cc1. The molecule has 0 radical (unpaired) electrons. The molecule has 0 saturated heterocycles. The van der Waals surface area contributed by atoms with Crippen LogP contribution in [-0.2, 0) is 6.54 Å². The summed E-state index contributed by atoms with van der Waals surface area (Å²) in [5.41, 5.74) is 3.47. The number of benzene rings is 2. The van der Waals surface area contributed by atoms with Crippen molar-refractivity contribution in [3.05, 3.63) is 84.2 Å². The molecule has 0 aliphatic carbocycles. The molecule has 1 aliphatic rings. The molecule has 4 rings (SSSR count). The van der Waals surface area contributed by atoms with Crippen LogP contribution >= 0.6 is 12.2 Å². The Bertz CT molecular complexity index is 889. The van der Waals surface area contributed by atoms with Crippen LogP contribution in [0.5, 0.6) is 5.75 Å². The number of aromatic nitrogens is 1. The van der Waals surface area contributed by atoms with Gasteiger partial charge in [0.2, 0.25) is 0 Å². The van der Waals surface area contributed by atoms with Crippen molar-refractivity contribution >= 4 is 23.0 Å². The van der Waals surface area contributed by atoms with E-state index >= 15 is 0 Å². The maximum atomic E-state index is 5.77. The second-order valence-corrected chi connectivity index (χ2v) is 6.68. The van der Waals surface area contributed by atoms with Gasteiger partial charge >= 0.3 is 0 Å². The summed E-state index contributed by atoms with van der Waals surface area (Å²) in [4.78, 5) is 2.27. The van der Waals surface area contributed by atoms with E-state index < -0.39 is 0 Å². The number of nitrogens with one attached hydrogen (secondary N) is 1. The number of hydrogen-bond acceptors (Lipinski definition) is 2. The van der Waals surface area contributed by atoms with Crippen LogP contribution < -0.4 is 10.1 Å². The van der Waals surface area contributed by atoms with Crippen LogP contribution in [0.1, 0.15) is 17.3 Å². The van der Waals surface area contributed by atoms with Gasteiger partial charge in [0.15, 0.2) is 5.11 Å². The van der Waals surface area contributed by atoms with Gasteiger partial charge < -0.3 is 19.5 Å². The standard InChI is InChI=1S/C21H21N3OS/c1-25-18-11-9-17(10-12-18)22-21(26)24-15-14-23-13-5-8-19(23)20(24)16-6-3-2-4-7-16/h2-13,20H,14-15H2,1H3,(H,22,26)/t20-/m0/s1. The van der Waals surface area contributed by atoms with E-state index in [1.165, 1.54) is 11.3 Å². The molecule has 1 aromatic heterocycles. The van der Waals surface area contributed by atoms with Gasteiger partial charge in [-0.25, -0.2) is 0 Å². The normalized spacial score (nSPS) is 16.0. The lowest BCUT2D eigenvalue weighted by molar-refractivity contribution is 0.293. The van der Waals surface area contributed by atoms with Crippen LogP contribution in [0.15, 0.2) is 72.9 Å². The third-order valence-electron chi connectivity index (χ3n) is 4.76. The van der Waals surface area contributed by atoms with Gasteiger partial charge in [-0.05, 0) is 54.2 Å². The maximum Gasteiger partial charge on any atom is 0.174 e. The molecule has 1 N–H and O–H groups in total. The van der Waals surface area contributed by atoms with Crippen molar-refractivity contribution in [3.63, 3.8) is 0 Å². The van der Waals surface area contributed by atoms with Crippen molar-refractivity contribution < 1.29 is 4.74 Å². The van der Waals surface area contributed by atoms with Crippen molar-refractivity contribution in [3.8, 4) is 5.75 Å². The fourth-order valence-corrected chi connectivity index (χ4v) is 3.77. The predicted octanol–water partition coefficient (Wildman–Crippen LogP) is 4.30. The molecule has 0 fully saturated rings. The van der Waals surface area contributed by atoms with Crippen LogP contribution in [0.4, 0.5) is 5.69 Å². The average molecular weight is 363 g/mol. The van der Waals surface area contributed by atoms with E-state index in [1.807, 2.05) is 30.3 Å². The van der Waals surface area contributed by atoms with Gasteiger partial charge in [-0.15, -0.1) is 0 Å². The number of rotatable bonds is 3. The highest BCUT2D eigenvalue weighted by molar-refractivity contribution is 7.80. The number of anilines is 1. The fraction of sp³-hybridized carbons (Fsp3) is 0.190. The molecule has 5 heteroatoms. The average Bonchev–Trinajstić information content (AvgIpc) is 3.17. The Kier molecular flexibility index (Phi) is 4.63. The maximum absolute atomic E-state index is 5.77.